The van der Waals surface area contributed by atoms with Gasteiger partial charge in [-0.1, -0.05) is 23.8 Å². The first-order chi connectivity index (χ1) is 16.9. The highest BCUT2D eigenvalue weighted by Gasteiger charge is 2.24. The quantitative estimate of drug-likeness (QED) is 0.345. The Morgan fingerprint density at radius 1 is 0.914 bits per heavy atom. The van der Waals surface area contributed by atoms with Crippen LogP contribution in [-0.4, -0.2) is 28.9 Å². The first-order valence-electron chi connectivity index (χ1n) is 11.2. The maximum Gasteiger partial charge on any atom is 0.269 e. The third kappa shape index (κ3) is 3.66. The van der Waals surface area contributed by atoms with E-state index in [2.05, 4.69) is 21.4 Å². The lowest BCUT2D eigenvalue weighted by Gasteiger charge is -2.08. The Labute approximate surface area is 202 Å². The van der Waals surface area contributed by atoms with Gasteiger partial charge >= 0.3 is 0 Å². The standard InChI is InChI=1S/C27H21FN4O2S/c1-17-2-6-22(7-3-17)35(33,34)32-16-24(18-4-8-25-19(12-18)10-11-29-25)23-13-21(15-31-27(23)32)20-5-9-26(28)30-14-20/h2-9,12-16,29H,10-11H2,1H3. The maximum absolute atomic E-state index is 13.6. The monoisotopic (exact) mass is 484 g/mol. The van der Waals surface area contributed by atoms with Crippen molar-refractivity contribution in [1.29, 1.82) is 0 Å². The molecule has 2 aromatic carbocycles. The summed E-state index contributed by atoms with van der Waals surface area (Å²) in [5, 5.41) is 4.04. The second-order valence-electron chi connectivity index (χ2n) is 8.67. The Morgan fingerprint density at radius 3 is 2.46 bits per heavy atom. The number of anilines is 1. The van der Waals surface area contributed by atoms with E-state index >= 15 is 0 Å². The minimum Gasteiger partial charge on any atom is -0.384 e. The zero-order chi connectivity index (χ0) is 24.2. The molecule has 35 heavy (non-hydrogen) atoms. The molecule has 0 saturated carbocycles. The third-order valence-electron chi connectivity index (χ3n) is 6.38. The first-order valence-corrected chi connectivity index (χ1v) is 12.7. The number of halogens is 1. The molecule has 6 rings (SSSR count). The van der Waals surface area contributed by atoms with Gasteiger partial charge in [-0.25, -0.2) is 22.4 Å². The molecule has 0 amide bonds. The predicted octanol–water partition coefficient (Wildman–Crippen LogP) is 5.42. The number of benzene rings is 2. The summed E-state index contributed by atoms with van der Waals surface area (Å²) in [6.45, 7) is 2.79. The zero-order valence-electron chi connectivity index (χ0n) is 18.9. The van der Waals surface area contributed by atoms with Crippen molar-refractivity contribution in [2.24, 2.45) is 0 Å². The van der Waals surface area contributed by atoms with Crippen molar-refractivity contribution in [3.8, 4) is 22.3 Å². The lowest BCUT2D eigenvalue weighted by Crippen LogP contribution is -2.12. The van der Waals surface area contributed by atoms with Crippen LogP contribution >= 0.6 is 0 Å². The smallest absolute Gasteiger partial charge is 0.269 e. The average Bonchev–Trinajstić information content (AvgIpc) is 3.49. The molecule has 0 atom stereocenters. The van der Waals surface area contributed by atoms with Gasteiger partial charge in [0.25, 0.3) is 10.0 Å². The maximum atomic E-state index is 13.6. The normalized spacial score (nSPS) is 13.1. The molecule has 0 aliphatic carbocycles. The number of fused-ring (bicyclic) bond motifs is 2. The Hall–Kier alpha value is -4.04. The SMILES string of the molecule is Cc1ccc(S(=O)(=O)n2cc(-c3ccc4c(c3)CCN4)c3cc(-c4ccc(F)nc4)cnc32)cc1. The minimum absolute atomic E-state index is 0.193. The van der Waals surface area contributed by atoms with Gasteiger partial charge in [-0.3, -0.25) is 0 Å². The van der Waals surface area contributed by atoms with Crippen LogP contribution in [0.1, 0.15) is 11.1 Å². The Balaban J connectivity index is 1.59. The van der Waals surface area contributed by atoms with Crippen LogP contribution < -0.4 is 5.32 Å². The van der Waals surface area contributed by atoms with Crippen LogP contribution in [0.25, 0.3) is 33.3 Å². The molecule has 0 spiro atoms. The molecule has 1 aliphatic heterocycles. The second kappa shape index (κ2) is 8.02. The molecule has 4 heterocycles. The van der Waals surface area contributed by atoms with Crippen LogP contribution in [0.15, 0.2) is 84.1 Å². The molecule has 1 N–H and O–H groups in total. The molecule has 0 bridgehead atoms. The summed E-state index contributed by atoms with van der Waals surface area (Å²) >= 11 is 0. The molecular formula is C27H21FN4O2S. The molecule has 174 valence electrons. The lowest BCUT2D eigenvalue weighted by atomic mass is 10.0. The number of aryl methyl sites for hydroxylation is 1. The number of nitrogens with zero attached hydrogens (tertiary/aromatic N) is 3. The molecule has 0 unspecified atom stereocenters. The van der Waals surface area contributed by atoms with Gasteiger partial charge < -0.3 is 5.32 Å². The Morgan fingerprint density at radius 2 is 1.69 bits per heavy atom. The lowest BCUT2D eigenvalue weighted by molar-refractivity contribution is 0.584. The summed E-state index contributed by atoms with van der Waals surface area (Å²) < 4.78 is 41.9. The van der Waals surface area contributed by atoms with Crippen LogP contribution in [0.5, 0.6) is 0 Å². The fourth-order valence-corrected chi connectivity index (χ4v) is 5.82. The van der Waals surface area contributed by atoms with Gasteiger partial charge in [0.15, 0.2) is 5.65 Å². The summed E-state index contributed by atoms with van der Waals surface area (Å²) in [7, 11) is -3.88. The fraction of sp³-hybridized carbons (Fsp3) is 0.111. The van der Waals surface area contributed by atoms with E-state index in [0.717, 1.165) is 40.9 Å². The van der Waals surface area contributed by atoms with E-state index in [-0.39, 0.29) is 4.90 Å². The van der Waals surface area contributed by atoms with Crippen molar-refractivity contribution >= 4 is 26.7 Å². The van der Waals surface area contributed by atoms with E-state index in [1.807, 2.05) is 25.1 Å². The van der Waals surface area contributed by atoms with Crippen LogP contribution in [0.3, 0.4) is 0 Å². The number of hydrogen-bond donors (Lipinski definition) is 1. The van der Waals surface area contributed by atoms with Crippen molar-refractivity contribution in [3.05, 3.63) is 96.3 Å². The number of pyridine rings is 2. The highest BCUT2D eigenvalue weighted by molar-refractivity contribution is 7.90. The van der Waals surface area contributed by atoms with Gasteiger partial charge in [-0.2, -0.15) is 4.39 Å². The van der Waals surface area contributed by atoms with Crippen LogP contribution in [0.4, 0.5) is 10.1 Å². The predicted molar refractivity (Wildman–Crippen MR) is 134 cm³/mol. The molecule has 0 fully saturated rings. The van der Waals surface area contributed by atoms with E-state index in [0.29, 0.717) is 16.6 Å². The van der Waals surface area contributed by atoms with Crippen molar-refractivity contribution in [2.45, 2.75) is 18.2 Å². The second-order valence-corrected chi connectivity index (χ2v) is 10.5. The Kier molecular flexibility index (Phi) is 4.93. The molecule has 1 aliphatic rings. The average molecular weight is 485 g/mol. The van der Waals surface area contributed by atoms with Crippen molar-refractivity contribution in [1.82, 2.24) is 13.9 Å². The summed E-state index contributed by atoms with van der Waals surface area (Å²) in [6.07, 6.45) is 5.59. The summed E-state index contributed by atoms with van der Waals surface area (Å²) in [5.41, 5.74) is 6.68. The number of nitrogens with one attached hydrogen (secondary N) is 1. The number of aromatic nitrogens is 3. The Bertz CT molecular complexity index is 1690. The van der Waals surface area contributed by atoms with E-state index in [4.69, 9.17) is 0 Å². The zero-order valence-corrected chi connectivity index (χ0v) is 19.7. The van der Waals surface area contributed by atoms with Gasteiger partial charge in [0.1, 0.15) is 0 Å². The first kappa shape index (κ1) is 21.5. The van der Waals surface area contributed by atoms with Crippen molar-refractivity contribution < 1.29 is 12.8 Å². The molecule has 0 saturated heterocycles. The molecule has 3 aromatic heterocycles. The molecule has 6 nitrogen and oxygen atoms in total. The topological polar surface area (TPSA) is 76.9 Å². The molecule has 0 radical (unpaired) electrons. The molecule has 8 heteroatoms. The summed E-state index contributed by atoms with van der Waals surface area (Å²) in [6, 6.07) is 17.7. The summed E-state index contributed by atoms with van der Waals surface area (Å²) in [4.78, 5) is 8.49. The highest BCUT2D eigenvalue weighted by atomic mass is 32.2. The number of rotatable bonds is 4. The van der Waals surface area contributed by atoms with Gasteiger partial charge in [0.2, 0.25) is 5.95 Å². The van der Waals surface area contributed by atoms with Gasteiger partial charge in [-0.15, -0.1) is 0 Å². The fourth-order valence-electron chi connectivity index (χ4n) is 4.49. The van der Waals surface area contributed by atoms with Crippen LogP contribution in [-0.2, 0) is 16.4 Å². The van der Waals surface area contributed by atoms with E-state index in [9.17, 15) is 12.8 Å². The largest absolute Gasteiger partial charge is 0.384 e. The molecular weight excluding hydrogens is 463 g/mol. The molecule has 5 aromatic rings. The third-order valence-corrected chi connectivity index (χ3v) is 8.04. The number of hydrogen-bond acceptors (Lipinski definition) is 5. The van der Waals surface area contributed by atoms with Gasteiger partial charge in [0.05, 0.1) is 4.90 Å². The van der Waals surface area contributed by atoms with Gasteiger partial charge in [0, 0.05) is 52.9 Å². The van der Waals surface area contributed by atoms with Crippen molar-refractivity contribution in [3.63, 3.8) is 0 Å². The van der Waals surface area contributed by atoms with E-state index < -0.39 is 16.0 Å². The minimum atomic E-state index is -3.88. The summed E-state index contributed by atoms with van der Waals surface area (Å²) in [5.74, 6) is -0.564. The highest BCUT2D eigenvalue weighted by Crippen LogP contribution is 2.36. The van der Waals surface area contributed by atoms with Crippen LogP contribution in [0.2, 0.25) is 0 Å². The van der Waals surface area contributed by atoms with E-state index in [1.54, 1.807) is 42.7 Å². The van der Waals surface area contributed by atoms with Crippen LogP contribution in [0, 0.1) is 12.9 Å². The van der Waals surface area contributed by atoms with Gasteiger partial charge in [-0.05, 0) is 66.9 Å². The van der Waals surface area contributed by atoms with E-state index in [1.165, 1.54) is 21.8 Å². The van der Waals surface area contributed by atoms with Crippen molar-refractivity contribution in [2.75, 3.05) is 11.9 Å².